The SMILES string of the molecule is O=C(O)c1ccc(NCCN2CCSCC2)c(Cl)c1. The van der Waals surface area contributed by atoms with E-state index in [1.165, 1.54) is 17.6 Å². The summed E-state index contributed by atoms with van der Waals surface area (Å²) >= 11 is 8.05. The molecule has 0 bridgehead atoms. The van der Waals surface area contributed by atoms with Crippen LogP contribution in [0, 0.1) is 0 Å². The van der Waals surface area contributed by atoms with Crippen LogP contribution in [0.1, 0.15) is 10.4 Å². The van der Waals surface area contributed by atoms with Crippen LogP contribution in [0.25, 0.3) is 0 Å². The number of anilines is 1. The molecular formula is C13H17ClN2O2S. The molecule has 104 valence electrons. The van der Waals surface area contributed by atoms with Gasteiger partial charge in [-0.3, -0.25) is 4.90 Å². The van der Waals surface area contributed by atoms with Crippen molar-refractivity contribution < 1.29 is 9.90 Å². The molecule has 4 nitrogen and oxygen atoms in total. The van der Waals surface area contributed by atoms with E-state index >= 15 is 0 Å². The first-order chi connectivity index (χ1) is 9.16. The smallest absolute Gasteiger partial charge is 0.335 e. The molecule has 0 aliphatic carbocycles. The van der Waals surface area contributed by atoms with Gasteiger partial charge in [-0.05, 0) is 18.2 Å². The lowest BCUT2D eigenvalue weighted by Crippen LogP contribution is -2.36. The highest BCUT2D eigenvalue weighted by atomic mass is 35.5. The molecule has 19 heavy (non-hydrogen) atoms. The van der Waals surface area contributed by atoms with Gasteiger partial charge >= 0.3 is 5.97 Å². The summed E-state index contributed by atoms with van der Waals surface area (Å²) in [5, 5.41) is 12.6. The van der Waals surface area contributed by atoms with Gasteiger partial charge in [-0.2, -0.15) is 11.8 Å². The van der Waals surface area contributed by atoms with E-state index < -0.39 is 5.97 Å². The summed E-state index contributed by atoms with van der Waals surface area (Å²) in [6.45, 7) is 4.07. The number of nitrogens with zero attached hydrogens (tertiary/aromatic N) is 1. The molecule has 2 N–H and O–H groups in total. The van der Waals surface area contributed by atoms with E-state index in [1.54, 1.807) is 12.1 Å². The molecule has 0 unspecified atom stereocenters. The van der Waals surface area contributed by atoms with Gasteiger partial charge in [0.25, 0.3) is 0 Å². The van der Waals surface area contributed by atoms with Crippen molar-refractivity contribution in [1.82, 2.24) is 4.90 Å². The molecule has 0 radical (unpaired) electrons. The molecular weight excluding hydrogens is 284 g/mol. The average molecular weight is 301 g/mol. The van der Waals surface area contributed by atoms with E-state index in [9.17, 15) is 4.79 Å². The monoisotopic (exact) mass is 300 g/mol. The van der Waals surface area contributed by atoms with E-state index in [0.717, 1.165) is 31.9 Å². The zero-order valence-corrected chi connectivity index (χ0v) is 12.1. The number of hydrogen-bond donors (Lipinski definition) is 2. The summed E-state index contributed by atoms with van der Waals surface area (Å²) in [4.78, 5) is 13.2. The van der Waals surface area contributed by atoms with Crippen LogP contribution in [-0.4, -0.2) is 53.7 Å². The first-order valence-electron chi connectivity index (χ1n) is 6.23. The van der Waals surface area contributed by atoms with Gasteiger partial charge in [0.1, 0.15) is 0 Å². The molecule has 0 aromatic heterocycles. The van der Waals surface area contributed by atoms with E-state index in [2.05, 4.69) is 10.2 Å². The molecule has 2 rings (SSSR count). The van der Waals surface area contributed by atoms with Crippen LogP contribution in [0.3, 0.4) is 0 Å². The maximum absolute atomic E-state index is 10.8. The molecule has 6 heteroatoms. The predicted octanol–water partition coefficient (Wildman–Crippen LogP) is 2.50. The Morgan fingerprint density at radius 3 is 2.79 bits per heavy atom. The molecule has 0 spiro atoms. The molecule has 1 fully saturated rings. The fourth-order valence-corrected chi connectivity index (χ4v) is 3.19. The fraction of sp³-hybridized carbons (Fsp3) is 0.462. The van der Waals surface area contributed by atoms with Gasteiger partial charge in [0.2, 0.25) is 0 Å². The van der Waals surface area contributed by atoms with Crippen LogP contribution in [0.15, 0.2) is 18.2 Å². The number of rotatable bonds is 5. The molecule has 1 aromatic carbocycles. The normalized spacial score (nSPS) is 16.3. The van der Waals surface area contributed by atoms with Crippen LogP contribution in [0.5, 0.6) is 0 Å². The number of hydrogen-bond acceptors (Lipinski definition) is 4. The van der Waals surface area contributed by atoms with Crippen molar-refractivity contribution in [2.45, 2.75) is 0 Å². The summed E-state index contributed by atoms with van der Waals surface area (Å²) in [6, 6.07) is 4.76. The molecule has 1 aromatic rings. The standard InChI is InChI=1S/C13H17ClN2O2S/c14-11-9-10(13(17)18)1-2-12(11)15-3-4-16-5-7-19-8-6-16/h1-2,9,15H,3-8H2,(H,17,18). The van der Waals surface area contributed by atoms with Gasteiger partial charge in [0.15, 0.2) is 0 Å². The number of benzene rings is 1. The molecule has 0 amide bonds. The number of aromatic carboxylic acids is 1. The fourth-order valence-electron chi connectivity index (χ4n) is 1.96. The quantitative estimate of drug-likeness (QED) is 0.875. The second-order valence-corrected chi connectivity index (χ2v) is 6.01. The van der Waals surface area contributed by atoms with Crippen molar-refractivity contribution in [2.24, 2.45) is 0 Å². The molecule has 1 saturated heterocycles. The van der Waals surface area contributed by atoms with Crippen LogP contribution in [-0.2, 0) is 0 Å². The lowest BCUT2D eigenvalue weighted by Gasteiger charge is -2.26. The summed E-state index contributed by atoms with van der Waals surface area (Å²) in [5.41, 5.74) is 1.00. The zero-order valence-electron chi connectivity index (χ0n) is 10.6. The average Bonchev–Trinajstić information content (AvgIpc) is 2.41. The topological polar surface area (TPSA) is 52.6 Å². The maximum Gasteiger partial charge on any atom is 0.335 e. The van der Waals surface area contributed by atoms with Gasteiger partial charge in [0, 0.05) is 37.7 Å². The number of nitrogens with one attached hydrogen (secondary N) is 1. The molecule has 0 saturated carbocycles. The second kappa shape index (κ2) is 7.03. The van der Waals surface area contributed by atoms with Crippen molar-refractivity contribution in [3.8, 4) is 0 Å². The minimum atomic E-state index is -0.959. The van der Waals surface area contributed by atoms with Gasteiger partial charge in [-0.1, -0.05) is 11.6 Å². The van der Waals surface area contributed by atoms with E-state index in [1.807, 2.05) is 11.8 Å². The number of carbonyl (C=O) groups is 1. The maximum atomic E-state index is 10.8. The van der Waals surface area contributed by atoms with Gasteiger partial charge in [0.05, 0.1) is 16.3 Å². The lowest BCUT2D eigenvalue weighted by molar-refractivity contribution is 0.0697. The Balaban J connectivity index is 1.83. The van der Waals surface area contributed by atoms with Crippen molar-refractivity contribution in [3.05, 3.63) is 28.8 Å². The van der Waals surface area contributed by atoms with E-state index in [4.69, 9.17) is 16.7 Å². The third-order valence-corrected chi connectivity index (χ3v) is 4.32. The van der Waals surface area contributed by atoms with E-state index in [0.29, 0.717) is 5.02 Å². The van der Waals surface area contributed by atoms with Crippen LogP contribution in [0.2, 0.25) is 5.02 Å². The van der Waals surface area contributed by atoms with Crippen LogP contribution in [0.4, 0.5) is 5.69 Å². The first kappa shape index (κ1) is 14.5. The van der Waals surface area contributed by atoms with Gasteiger partial charge < -0.3 is 10.4 Å². The number of halogens is 1. The van der Waals surface area contributed by atoms with E-state index in [-0.39, 0.29) is 5.56 Å². The number of carboxylic acid groups (broad SMARTS) is 1. The first-order valence-corrected chi connectivity index (χ1v) is 7.77. The predicted molar refractivity (Wildman–Crippen MR) is 80.7 cm³/mol. The molecule has 1 aliphatic rings. The summed E-state index contributed by atoms with van der Waals surface area (Å²) in [5.74, 6) is 1.45. The minimum Gasteiger partial charge on any atom is -0.478 e. The van der Waals surface area contributed by atoms with Gasteiger partial charge in [-0.25, -0.2) is 4.79 Å². The summed E-state index contributed by atoms with van der Waals surface area (Å²) in [7, 11) is 0. The minimum absolute atomic E-state index is 0.212. The van der Waals surface area contributed by atoms with Crippen molar-refractivity contribution in [1.29, 1.82) is 0 Å². The largest absolute Gasteiger partial charge is 0.478 e. The van der Waals surface area contributed by atoms with Crippen LogP contribution >= 0.6 is 23.4 Å². The third-order valence-electron chi connectivity index (χ3n) is 3.06. The van der Waals surface area contributed by atoms with Gasteiger partial charge in [-0.15, -0.1) is 0 Å². The Labute approximate surface area is 122 Å². The van der Waals surface area contributed by atoms with Crippen molar-refractivity contribution in [3.63, 3.8) is 0 Å². The molecule has 0 atom stereocenters. The Kier molecular flexibility index (Phi) is 5.36. The van der Waals surface area contributed by atoms with Crippen molar-refractivity contribution >= 4 is 35.0 Å². The number of carboxylic acids is 1. The van der Waals surface area contributed by atoms with Crippen LogP contribution < -0.4 is 5.32 Å². The Morgan fingerprint density at radius 2 is 2.16 bits per heavy atom. The zero-order chi connectivity index (χ0) is 13.7. The second-order valence-electron chi connectivity index (χ2n) is 4.38. The Bertz CT molecular complexity index is 450. The third kappa shape index (κ3) is 4.30. The highest BCUT2D eigenvalue weighted by molar-refractivity contribution is 7.99. The number of thioether (sulfide) groups is 1. The summed E-state index contributed by atoms with van der Waals surface area (Å²) in [6.07, 6.45) is 0. The highest BCUT2D eigenvalue weighted by Crippen LogP contribution is 2.22. The Hall–Kier alpha value is -0.910. The molecule has 1 heterocycles. The molecule has 1 aliphatic heterocycles. The summed E-state index contributed by atoms with van der Waals surface area (Å²) < 4.78 is 0. The lowest BCUT2D eigenvalue weighted by atomic mass is 10.2. The Morgan fingerprint density at radius 1 is 1.42 bits per heavy atom. The highest BCUT2D eigenvalue weighted by Gasteiger charge is 2.10. The van der Waals surface area contributed by atoms with Crippen molar-refractivity contribution in [2.75, 3.05) is 43.0 Å².